The number of pyridine rings is 1. The zero-order chi connectivity index (χ0) is 15.7. The number of rotatable bonds is 2. The van der Waals surface area contributed by atoms with E-state index in [1.54, 1.807) is 42.5 Å². The lowest BCUT2D eigenvalue weighted by atomic mass is 10.1. The zero-order valence-corrected chi connectivity index (χ0v) is 13.4. The number of nitrogens with one attached hydrogen (secondary N) is 1. The van der Waals surface area contributed by atoms with E-state index in [2.05, 4.69) is 10.3 Å². The molecule has 0 atom stereocenters. The normalized spacial score (nSPS) is 10.7. The van der Waals surface area contributed by atoms with Crippen molar-refractivity contribution in [3.8, 4) is 0 Å². The highest BCUT2D eigenvalue weighted by molar-refractivity contribution is 6.39. The van der Waals surface area contributed by atoms with Crippen LogP contribution in [0.4, 0.5) is 5.69 Å². The SMILES string of the molecule is O=C(Nc1cccc(Cl)c1)c1cnc2cc(Cl)ccc2c1Cl. The van der Waals surface area contributed by atoms with E-state index in [0.29, 0.717) is 31.7 Å². The second kappa shape index (κ2) is 6.13. The number of aromatic nitrogens is 1. The number of nitrogens with zero attached hydrogens (tertiary/aromatic N) is 1. The van der Waals surface area contributed by atoms with Crippen molar-refractivity contribution in [3.05, 3.63) is 69.3 Å². The molecule has 0 aliphatic rings. The van der Waals surface area contributed by atoms with Gasteiger partial charge in [0.1, 0.15) is 0 Å². The summed E-state index contributed by atoms with van der Waals surface area (Å²) in [6.07, 6.45) is 1.43. The maximum atomic E-state index is 12.4. The Morgan fingerprint density at radius 3 is 2.55 bits per heavy atom. The third kappa shape index (κ3) is 3.02. The highest BCUT2D eigenvalue weighted by Crippen LogP contribution is 2.28. The first-order valence-corrected chi connectivity index (χ1v) is 7.48. The number of benzene rings is 2. The van der Waals surface area contributed by atoms with E-state index in [-0.39, 0.29) is 11.5 Å². The summed E-state index contributed by atoms with van der Waals surface area (Å²) in [4.78, 5) is 16.6. The van der Waals surface area contributed by atoms with Crippen LogP contribution in [0.2, 0.25) is 15.1 Å². The number of fused-ring (bicyclic) bond motifs is 1. The molecule has 22 heavy (non-hydrogen) atoms. The van der Waals surface area contributed by atoms with Gasteiger partial charge in [-0.05, 0) is 36.4 Å². The molecule has 3 rings (SSSR count). The lowest BCUT2D eigenvalue weighted by Gasteiger charge is -2.09. The molecule has 1 aromatic heterocycles. The molecule has 3 aromatic rings. The van der Waals surface area contributed by atoms with Gasteiger partial charge in [-0.15, -0.1) is 0 Å². The summed E-state index contributed by atoms with van der Waals surface area (Å²) in [6.45, 7) is 0. The monoisotopic (exact) mass is 350 g/mol. The van der Waals surface area contributed by atoms with Crippen molar-refractivity contribution in [3.63, 3.8) is 0 Å². The lowest BCUT2D eigenvalue weighted by molar-refractivity contribution is 0.102. The number of halogens is 3. The minimum atomic E-state index is -0.350. The van der Waals surface area contributed by atoms with Gasteiger partial charge in [-0.1, -0.05) is 40.9 Å². The summed E-state index contributed by atoms with van der Waals surface area (Å²) >= 11 is 18.1. The average molecular weight is 352 g/mol. The van der Waals surface area contributed by atoms with Crippen LogP contribution < -0.4 is 5.32 Å². The highest BCUT2D eigenvalue weighted by atomic mass is 35.5. The molecular weight excluding hydrogens is 343 g/mol. The van der Waals surface area contributed by atoms with Gasteiger partial charge in [0.15, 0.2) is 0 Å². The minimum absolute atomic E-state index is 0.288. The Kier molecular flexibility index (Phi) is 4.21. The van der Waals surface area contributed by atoms with Crippen LogP contribution in [0.5, 0.6) is 0 Å². The molecule has 1 N–H and O–H groups in total. The van der Waals surface area contributed by atoms with E-state index in [0.717, 1.165) is 0 Å². The van der Waals surface area contributed by atoms with Crippen LogP contribution in [-0.2, 0) is 0 Å². The molecule has 1 amide bonds. The zero-order valence-electron chi connectivity index (χ0n) is 11.1. The average Bonchev–Trinajstić information content (AvgIpc) is 2.47. The van der Waals surface area contributed by atoms with Crippen molar-refractivity contribution in [1.29, 1.82) is 0 Å². The molecule has 3 nitrogen and oxygen atoms in total. The smallest absolute Gasteiger partial charge is 0.258 e. The molecule has 0 saturated carbocycles. The quantitative estimate of drug-likeness (QED) is 0.667. The minimum Gasteiger partial charge on any atom is -0.322 e. The first-order valence-electron chi connectivity index (χ1n) is 6.35. The van der Waals surface area contributed by atoms with Crippen LogP contribution >= 0.6 is 34.8 Å². The molecule has 1 heterocycles. The van der Waals surface area contributed by atoms with E-state index in [9.17, 15) is 4.79 Å². The van der Waals surface area contributed by atoms with Crippen molar-refractivity contribution >= 4 is 57.3 Å². The van der Waals surface area contributed by atoms with Crippen LogP contribution in [0, 0.1) is 0 Å². The number of carbonyl (C=O) groups is 1. The van der Waals surface area contributed by atoms with Gasteiger partial charge >= 0.3 is 0 Å². The predicted molar refractivity (Wildman–Crippen MR) is 91.2 cm³/mol. The molecule has 0 radical (unpaired) electrons. The highest BCUT2D eigenvalue weighted by Gasteiger charge is 2.14. The largest absolute Gasteiger partial charge is 0.322 e. The molecular formula is C16H9Cl3N2O. The van der Waals surface area contributed by atoms with E-state index >= 15 is 0 Å². The van der Waals surface area contributed by atoms with Crippen molar-refractivity contribution in [1.82, 2.24) is 4.98 Å². The van der Waals surface area contributed by atoms with E-state index in [4.69, 9.17) is 34.8 Å². The first kappa shape index (κ1) is 15.1. The summed E-state index contributed by atoms with van der Waals surface area (Å²) in [7, 11) is 0. The standard InChI is InChI=1S/C16H9Cl3N2O/c17-9-2-1-3-11(6-9)21-16(22)13-8-20-14-7-10(18)4-5-12(14)15(13)19/h1-8H,(H,21,22). The van der Waals surface area contributed by atoms with Crippen LogP contribution in [0.15, 0.2) is 48.7 Å². The molecule has 6 heteroatoms. The Hall–Kier alpha value is -1.81. The Morgan fingerprint density at radius 2 is 1.77 bits per heavy atom. The molecule has 0 spiro atoms. The Balaban J connectivity index is 1.97. The molecule has 0 fully saturated rings. The summed E-state index contributed by atoms with van der Waals surface area (Å²) in [5.41, 5.74) is 1.51. The van der Waals surface area contributed by atoms with Crippen molar-refractivity contribution < 1.29 is 4.79 Å². The topological polar surface area (TPSA) is 42.0 Å². The molecule has 0 aliphatic carbocycles. The van der Waals surface area contributed by atoms with Crippen LogP contribution in [-0.4, -0.2) is 10.9 Å². The van der Waals surface area contributed by atoms with Crippen LogP contribution in [0.25, 0.3) is 10.9 Å². The van der Waals surface area contributed by atoms with Gasteiger partial charge in [0.2, 0.25) is 0 Å². The van der Waals surface area contributed by atoms with Gasteiger partial charge in [-0.2, -0.15) is 0 Å². The predicted octanol–water partition coefficient (Wildman–Crippen LogP) is 5.45. The second-order valence-corrected chi connectivity index (χ2v) is 5.86. The van der Waals surface area contributed by atoms with Crippen LogP contribution in [0.1, 0.15) is 10.4 Å². The van der Waals surface area contributed by atoms with E-state index in [1.165, 1.54) is 6.20 Å². The molecule has 0 bridgehead atoms. The van der Waals surface area contributed by atoms with Gasteiger partial charge in [-0.3, -0.25) is 9.78 Å². The summed E-state index contributed by atoms with van der Waals surface area (Å²) in [6, 6.07) is 12.0. The van der Waals surface area contributed by atoms with Gasteiger partial charge in [-0.25, -0.2) is 0 Å². The van der Waals surface area contributed by atoms with Crippen LogP contribution in [0.3, 0.4) is 0 Å². The molecule has 2 aromatic carbocycles. The number of hydrogen-bond donors (Lipinski definition) is 1. The van der Waals surface area contributed by atoms with Crippen molar-refractivity contribution in [2.75, 3.05) is 5.32 Å². The lowest BCUT2D eigenvalue weighted by Crippen LogP contribution is -2.13. The molecule has 110 valence electrons. The maximum Gasteiger partial charge on any atom is 0.258 e. The van der Waals surface area contributed by atoms with E-state index in [1.807, 2.05) is 0 Å². The van der Waals surface area contributed by atoms with Gasteiger partial charge in [0, 0.05) is 27.3 Å². The van der Waals surface area contributed by atoms with E-state index < -0.39 is 0 Å². The molecule has 0 saturated heterocycles. The van der Waals surface area contributed by atoms with Crippen molar-refractivity contribution in [2.24, 2.45) is 0 Å². The number of carbonyl (C=O) groups excluding carboxylic acids is 1. The third-order valence-electron chi connectivity index (χ3n) is 3.09. The molecule has 0 unspecified atom stereocenters. The Bertz CT molecular complexity index is 880. The fraction of sp³-hybridized carbons (Fsp3) is 0. The summed E-state index contributed by atoms with van der Waals surface area (Å²) < 4.78 is 0. The second-order valence-electron chi connectivity index (χ2n) is 4.61. The molecule has 0 aliphatic heterocycles. The van der Waals surface area contributed by atoms with Gasteiger partial charge < -0.3 is 5.32 Å². The number of hydrogen-bond acceptors (Lipinski definition) is 2. The van der Waals surface area contributed by atoms with Gasteiger partial charge in [0.25, 0.3) is 5.91 Å². The maximum absolute atomic E-state index is 12.4. The van der Waals surface area contributed by atoms with Crippen molar-refractivity contribution in [2.45, 2.75) is 0 Å². The summed E-state index contributed by atoms with van der Waals surface area (Å²) in [5.74, 6) is -0.350. The third-order valence-corrected chi connectivity index (χ3v) is 3.97. The summed E-state index contributed by atoms with van der Waals surface area (Å²) in [5, 5.41) is 4.85. The Labute approximate surface area is 141 Å². The number of anilines is 1. The van der Waals surface area contributed by atoms with Gasteiger partial charge in [0.05, 0.1) is 16.1 Å². The fourth-order valence-corrected chi connectivity index (χ4v) is 2.71. The Morgan fingerprint density at radius 1 is 1.00 bits per heavy atom. The fourth-order valence-electron chi connectivity index (χ4n) is 2.06. The number of amides is 1. The first-order chi connectivity index (χ1) is 10.5.